The average molecular weight is 600 g/mol. The number of ketones is 1. The molecular weight excluding hydrogens is 572 g/mol. The predicted molar refractivity (Wildman–Crippen MR) is 154 cm³/mol. The summed E-state index contributed by atoms with van der Waals surface area (Å²) in [5, 5.41) is 10.9. The van der Waals surface area contributed by atoms with Gasteiger partial charge in [0.1, 0.15) is 17.9 Å². The Labute approximate surface area is 249 Å². The van der Waals surface area contributed by atoms with Crippen LogP contribution in [0.15, 0.2) is 55.1 Å². The fourth-order valence-corrected chi connectivity index (χ4v) is 6.59. The predicted octanol–water partition coefficient (Wildman–Crippen LogP) is 4.51. The molecule has 0 spiro atoms. The summed E-state index contributed by atoms with van der Waals surface area (Å²) in [6.07, 6.45) is 7.63. The number of Topliss-reactive ketones (excluding diaryl/α,β-unsaturated/α-hetero) is 1. The number of hydrogen-bond acceptors (Lipinski definition) is 9. The number of aromatic nitrogens is 7. The van der Waals surface area contributed by atoms with E-state index in [2.05, 4.69) is 30.0 Å². The zero-order valence-corrected chi connectivity index (χ0v) is 23.5. The first-order valence-corrected chi connectivity index (χ1v) is 14.2. The van der Waals surface area contributed by atoms with Gasteiger partial charge in [0.05, 0.1) is 23.1 Å². The van der Waals surface area contributed by atoms with Gasteiger partial charge >= 0.3 is 6.61 Å². The van der Waals surface area contributed by atoms with Gasteiger partial charge in [-0.05, 0) is 62.9 Å². The summed E-state index contributed by atoms with van der Waals surface area (Å²) in [6, 6.07) is 9.88. The number of nitrogen functional groups attached to an aromatic ring is 1. The third-order valence-corrected chi connectivity index (χ3v) is 8.48. The molecule has 0 saturated carbocycles. The quantitative estimate of drug-likeness (QED) is 0.257. The number of carbonyl (C=O) groups is 2. The Kier molecular flexibility index (Phi) is 6.75. The SMILES string of the molecule is CC(=O)c1c(C2C[C@H]3CC[C@@H](C2)N3C(=O)c2ncn[nH]2)nc2c(-c3ccc(-c4ccc(OC(F)F)cc4)nc3)cnn2c1N. The number of carbonyl (C=O) groups excluding carboxylic acids is 2. The van der Waals surface area contributed by atoms with E-state index in [1.165, 1.54) is 29.9 Å². The molecule has 3 N–H and O–H groups in total. The second kappa shape index (κ2) is 10.8. The molecule has 0 radical (unpaired) electrons. The van der Waals surface area contributed by atoms with Crippen LogP contribution in [0, 0.1) is 0 Å². The van der Waals surface area contributed by atoms with Crippen LogP contribution in [0.1, 0.15) is 65.2 Å². The maximum absolute atomic E-state index is 13.2. The van der Waals surface area contributed by atoms with E-state index >= 15 is 0 Å². The number of benzene rings is 1. The summed E-state index contributed by atoms with van der Waals surface area (Å²) < 4.78 is 30.9. The smallest absolute Gasteiger partial charge is 0.387 e. The second-order valence-corrected chi connectivity index (χ2v) is 11.0. The number of nitrogens with two attached hydrogens (primary N) is 1. The highest BCUT2D eigenvalue weighted by atomic mass is 19.3. The minimum Gasteiger partial charge on any atom is -0.435 e. The molecule has 2 aliphatic rings. The Morgan fingerprint density at radius 2 is 1.75 bits per heavy atom. The zero-order chi connectivity index (χ0) is 30.5. The molecule has 224 valence electrons. The number of rotatable bonds is 7. The van der Waals surface area contributed by atoms with Crippen molar-refractivity contribution in [2.75, 3.05) is 5.73 Å². The number of piperidine rings is 1. The molecule has 3 atom stereocenters. The first-order chi connectivity index (χ1) is 21.3. The van der Waals surface area contributed by atoms with E-state index in [1.807, 2.05) is 17.0 Å². The number of ether oxygens (including phenoxy) is 1. The molecule has 2 aliphatic heterocycles. The number of anilines is 1. The largest absolute Gasteiger partial charge is 0.435 e. The summed E-state index contributed by atoms with van der Waals surface area (Å²) in [6.45, 7) is -1.42. The monoisotopic (exact) mass is 599 g/mol. The van der Waals surface area contributed by atoms with E-state index in [1.54, 1.807) is 24.5 Å². The van der Waals surface area contributed by atoms with Crippen LogP contribution in [-0.4, -0.2) is 70.0 Å². The minimum atomic E-state index is -2.89. The molecule has 14 heteroatoms. The number of fused-ring (bicyclic) bond motifs is 3. The van der Waals surface area contributed by atoms with Crippen molar-refractivity contribution in [3.8, 4) is 28.1 Å². The van der Waals surface area contributed by atoms with Gasteiger partial charge < -0.3 is 15.4 Å². The molecule has 4 aromatic heterocycles. The normalized spacial score (nSPS) is 19.5. The maximum atomic E-state index is 13.2. The van der Waals surface area contributed by atoms with Crippen molar-refractivity contribution in [2.45, 2.75) is 57.2 Å². The summed E-state index contributed by atoms with van der Waals surface area (Å²) in [4.78, 5) is 41.6. The number of pyridine rings is 1. The van der Waals surface area contributed by atoms with Crippen molar-refractivity contribution in [3.05, 3.63) is 72.2 Å². The number of H-pyrrole nitrogens is 1. The van der Waals surface area contributed by atoms with Gasteiger partial charge in [-0.2, -0.15) is 23.5 Å². The van der Waals surface area contributed by atoms with Crippen LogP contribution in [-0.2, 0) is 0 Å². The molecule has 1 aromatic carbocycles. The van der Waals surface area contributed by atoms with Crippen LogP contribution >= 0.6 is 0 Å². The van der Waals surface area contributed by atoms with Crippen molar-refractivity contribution < 1.29 is 23.1 Å². The van der Waals surface area contributed by atoms with E-state index in [0.717, 1.165) is 24.0 Å². The highest BCUT2D eigenvalue weighted by Crippen LogP contribution is 2.45. The average Bonchev–Trinajstić information content (AvgIpc) is 3.75. The first-order valence-electron chi connectivity index (χ1n) is 14.2. The number of nitrogens with one attached hydrogen (secondary N) is 1. The molecule has 44 heavy (non-hydrogen) atoms. The van der Waals surface area contributed by atoms with Crippen LogP contribution in [0.4, 0.5) is 14.6 Å². The van der Waals surface area contributed by atoms with Crippen molar-refractivity contribution >= 4 is 23.2 Å². The number of halogens is 2. The Hall–Kier alpha value is -5.27. The van der Waals surface area contributed by atoms with E-state index in [4.69, 9.17) is 10.7 Å². The van der Waals surface area contributed by atoms with Crippen LogP contribution in [0.5, 0.6) is 5.75 Å². The van der Waals surface area contributed by atoms with Gasteiger partial charge in [-0.25, -0.2) is 9.97 Å². The third-order valence-electron chi connectivity index (χ3n) is 8.48. The van der Waals surface area contributed by atoms with E-state index in [0.29, 0.717) is 41.0 Å². The van der Waals surface area contributed by atoms with Crippen LogP contribution in [0.2, 0.25) is 0 Å². The molecular formula is C30H27F2N9O3. The van der Waals surface area contributed by atoms with Gasteiger partial charge in [-0.1, -0.05) is 6.07 Å². The number of alkyl halides is 2. The van der Waals surface area contributed by atoms with Gasteiger partial charge in [-0.15, -0.1) is 0 Å². The fraction of sp³-hybridized carbons (Fsp3) is 0.300. The number of aromatic amines is 1. The van der Waals surface area contributed by atoms with E-state index in [9.17, 15) is 18.4 Å². The lowest BCUT2D eigenvalue weighted by Crippen LogP contribution is -2.46. The first kappa shape index (κ1) is 27.6. The second-order valence-electron chi connectivity index (χ2n) is 11.0. The Balaban J connectivity index is 1.21. The molecule has 5 aromatic rings. The fourth-order valence-electron chi connectivity index (χ4n) is 6.59. The van der Waals surface area contributed by atoms with E-state index in [-0.39, 0.29) is 47.1 Å². The summed E-state index contributed by atoms with van der Waals surface area (Å²) in [7, 11) is 0. The Morgan fingerprint density at radius 1 is 1.02 bits per heavy atom. The van der Waals surface area contributed by atoms with Gasteiger partial charge in [-0.3, -0.25) is 19.7 Å². The van der Waals surface area contributed by atoms with Gasteiger partial charge in [0.2, 0.25) is 5.82 Å². The highest BCUT2D eigenvalue weighted by molar-refractivity contribution is 6.00. The van der Waals surface area contributed by atoms with Crippen LogP contribution < -0.4 is 10.5 Å². The molecule has 12 nitrogen and oxygen atoms in total. The number of hydrogen-bond donors (Lipinski definition) is 2. The standard InChI is InChI=1S/C30H27F2N9O3/c1-15(42)24-25(18-10-19-5-6-20(11-18)40(19)29(43)27-35-14-36-39-27)38-28-22(13-37-41(28)26(24)33)17-4-9-23(34-12-17)16-2-7-21(8-3-16)44-30(31)32/h2-4,7-9,12-14,18-20,30H,5-6,10-11,33H2,1H3,(H,35,36,39)/t18?,19-,20+. The molecule has 2 saturated heterocycles. The lowest BCUT2D eigenvalue weighted by Gasteiger charge is -2.38. The van der Waals surface area contributed by atoms with Gasteiger partial charge in [0.25, 0.3) is 5.91 Å². The lowest BCUT2D eigenvalue weighted by molar-refractivity contribution is -0.0498. The molecule has 1 amide bonds. The van der Waals surface area contributed by atoms with Crippen LogP contribution in [0.25, 0.3) is 28.0 Å². The Bertz CT molecular complexity index is 1840. The maximum Gasteiger partial charge on any atom is 0.387 e. The summed E-state index contributed by atoms with van der Waals surface area (Å²) >= 11 is 0. The number of nitrogens with zero attached hydrogens (tertiary/aromatic N) is 7. The van der Waals surface area contributed by atoms with Crippen molar-refractivity contribution in [3.63, 3.8) is 0 Å². The van der Waals surface area contributed by atoms with Crippen molar-refractivity contribution in [1.82, 2.24) is 39.7 Å². The highest BCUT2D eigenvalue weighted by Gasteiger charge is 2.45. The Morgan fingerprint density at radius 3 is 2.36 bits per heavy atom. The molecule has 7 rings (SSSR count). The van der Waals surface area contributed by atoms with Gasteiger partial charge in [0.15, 0.2) is 11.4 Å². The number of amides is 1. The van der Waals surface area contributed by atoms with Gasteiger partial charge in [0, 0.05) is 40.9 Å². The molecule has 2 fully saturated rings. The summed E-state index contributed by atoms with van der Waals surface area (Å²) in [5.41, 5.74) is 10.8. The minimum absolute atomic E-state index is 0.0208. The topological polar surface area (TPSA) is 157 Å². The van der Waals surface area contributed by atoms with Crippen molar-refractivity contribution in [1.29, 1.82) is 0 Å². The third kappa shape index (κ3) is 4.71. The summed E-state index contributed by atoms with van der Waals surface area (Å²) in [5.74, 6) is 0.0397. The van der Waals surface area contributed by atoms with Crippen LogP contribution in [0.3, 0.4) is 0 Å². The molecule has 0 aliphatic carbocycles. The lowest BCUT2D eigenvalue weighted by atomic mass is 9.85. The van der Waals surface area contributed by atoms with E-state index < -0.39 is 6.61 Å². The molecule has 6 heterocycles. The zero-order valence-electron chi connectivity index (χ0n) is 23.5. The molecule has 2 bridgehead atoms. The molecule has 1 unspecified atom stereocenters. The van der Waals surface area contributed by atoms with Crippen molar-refractivity contribution in [2.24, 2.45) is 0 Å².